The minimum Gasteiger partial charge on any atom is -0.368 e. The zero-order chi connectivity index (χ0) is 8.85. The summed E-state index contributed by atoms with van der Waals surface area (Å²) in [5.41, 5.74) is 15.0. The molecule has 0 unspecified atom stereocenters. The second kappa shape index (κ2) is 4.64. The zero-order valence-electron chi connectivity index (χ0n) is 6.04. The summed E-state index contributed by atoms with van der Waals surface area (Å²) in [6, 6.07) is -0.769. The molecule has 0 heterocycles. The summed E-state index contributed by atoms with van der Waals surface area (Å²) in [7, 11) is 0. The molecule has 7 N–H and O–H groups in total. The highest BCUT2D eigenvalue weighted by molar-refractivity contribution is 5.86. The lowest BCUT2D eigenvalue weighted by Crippen LogP contribution is -2.47. The summed E-state index contributed by atoms with van der Waals surface area (Å²) >= 11 is 0. The van der Waals surface area contributed by atoms with Crippen molar-refractivity contribution in [2.24, 2.45) is 17.2 Å². The Morgan fingerprint density at radius 1 is 1.45 bits per heavy atom. The van der Waals surface area contributed by atoms with Crippen LogP contribution in [0.5, 0.6) is 0 Å². The molecule has 0 aromatic heterocycles. The minimum atomic E-state index is -0.769. The lowest BCUT2D eigenvalue weighted by Gasteiger charge is -2.07. The van der Waals surface area contributed by atoms with Gasteiger partial charge in [-0.2, -0.15) is 0 Å². The van der Waals surface area contributed by atoms with Crippen LogP contribution < -0.4 is 22.5 Å². The molecule has 1 atom stereocenters. The SMILES string of the molecule is NC[C@H](N)C(=O)NCC(N)=O. The summed E-state index contributed by atoms with van der Waals surface area (Å²) in [4.78, 5) is 20.9. The third-order valence-electron chi connectivity index (χ3n) is 1.03. The first-order valence-electron chi connectivity index (χ1n) is 3.09. The van der Waals surface area contributed by atoms with Crippen LogP contribution in [0.3, 0.4) is 0 Å². The first kappa shape index (κ1) is 9.86. The van der Waals surface area contributed by atoms with Crippen LogP contribution in [-0.4, -0.2) is 30.9 Å². The third-order valence-corrected chi connectivity index (χ3v) is 1.03. The van der Waals surface area contributed by atoms with Gasteiger partial charge in [0.15, 0.2) is 0 Å². The molecule has 2 amide bonds. The summed E-state index contributed by atoms with van der Waals surface area (Å²) in [6.07, 6.45) is 0. The molecule has 0 bridgehead atoms. The third kappa shape index (κ3) is 4.29. The Kier molecular flexibility index (Phi) is 4.16. The van der Waals surface area contributed by atoms with Crippen LogP contribution in [0.2, 0.25) is 0 Å². The van der Waals surface area contributed by atoms with E-state index in [2.05, 4.69) is 5.32 Å². The van der Waals surface area contributed by atoms with Crippen molar-refractivity contribution in [3.05, 3.63) is 0 Å². The molecule has 64 valence electrons. The van der Waals surface area contributed by atoms with E-state index in [-0.39, 0.29) is 13.1 Å². The Morgan fingerprint density at radius 2 is 2.00 bits per heavy atom. The van der Waals surface area contributed by atoms with E-state index < -0.39 is 17.9 Å². The number of carbonyl (C=O) groups is 2. The molecule has 0 aliphatic heterocycles. The normalized spacial score (nSPS) is 12.2. The molecular weight excluding hydrogens is 148 g/mol. The molecule has 6 heteroatoms. The van der Waals surface area contributed by atoms with Gasteiger partial charge >= 0.3 is 0 Å². The Labute approximate surface area is 64.1 Å². The summed E-state index contributed by atoms with van der Waals surface area (Å²) in [5, 5.41) is 2.21. The fourth-order valence-electron chi connectivity index (χ4n) is 0.412. The molecule has 0 spiro atoms. The van der Waals surface area contributed by atoms with Crippen molar-refractivity contribution in [1.82, 2.24) is 5.32 Å². The van der Waals surface area contributed by atoms with Crippen LogP contribution in [0.25, 0.3) is 0 Å². The van der Waals surface area contributed by atoms with E-state index in [1.165, 1.54) is 0 Å². The lowest BCUT2D eigenvalue weighted by molar-refractivity contribution is -0.125. The Morgan fingerprint density at radius 3 is 2.36 bits per heavy atom. The highest BCUT2D eigenvalue weighted by Crippen LogP contribution is 1.72. The first-order chi connectivity index (χ1) is 5.07. The number of hydrogen-bond donors (Lipinski definition) is 4. The van der Waals surface area contributed by atoms with Gasteiger partial charge < -0.3 is 22.5 Å². The maximum Gasteiger partial charge on any atom is 0.238 e. The monoisotopic (exact) mass is 160 g/mol. The van der Waals surface area contributed by atoms with Gasteiger partial charge in [-0.25, -0.2) is 0 Å². The molecule has 0 saturated heterocycles. The molecule has 0 aromatic carbocycles. The van der Waals surface area contributed by atoms with E-state index in [9.17, 15) is 9.59 Å². The number of nitrogens with two attached hydrogens (primary N) is 3. The maximum atomic E-state index is 10.8. The molecule has 0 fully saturated rings. The number of hydrogen-bond acceptors (Lipinski definition) is 4. The quantitative estimate of drug-likeness (QED) is 0.347. The van der Waals surface area contributed by atoms with E-state index in [4.69, 9.17) is 17.2 Å². The standard InChI is InChI=1S/C5H12N4O2/c6-1-3(7)5(11)9-2-4(8)10/h3H,1-2,6-7H2,(H2,8,10)(H,9,11)/t3-/m0/s1. The average Bonchev–Trinajstić information content (AvgIpc) is 1.98. The fraction of sp³-hybridized carbons (Fsp3) is 0.600. The zero-order valence-corrected chi connectivity index (χ0v) is 6.04. The first-order valence-corrected chi connectivity index (χ1v) is 3.09. The fourth-order valence-corrected chi connectivity index (χ4v) is 0.412. The van der Waals surface area contributed by atoms with Crippen molar-refractivity contribution in [2.75, 3.05) is 13.1 Å². The van der Waals surface area contributed by atoms with Crippen molar-refractivity contribution >= 4 is 11.8 Å². The van der Waals surface area contributed by atoms with Crippen LogP contribution in [-0.2, 0) is 9.59 Å². The molecule has 0 aliphatic rings. The molecule has 0 aliphatic carbocycles. The van der Waals surface area contributed by atoms with Gasteiger partial charge in [-0.1, -0.05) is 0 Å². The Bertz CT molecular complexity index is 159. The van der Waals surface area contributed by atoms with Gasteiger partial charge in [0.05, 0.1) is 12.6 Å². The molecule has 0 rings (SSSR count). The number of rotatable bonds is 4. The second-order valence-corrected chi connectivity index (χ2v) is 2.03. The van der Waals surface area contributed by atoms with E-state index in [1.54, 1.807) is 0 Å². The van der Waals surface area contributed by atoms with Crippen LogP contribution >= 0.6 is 0 Å². The van der Waals surface area contributed by atoms with Gasteiger partial charge in [0, 0.05) is 6.54 Å². The van der Waals surface area contributed by atoms with Gasteiger partial charge in [0.2, 0.25) is 11.8 Å². The second-order valence-electron chi connectivity index (χ2n) is 2.03. The smallest absolute Gasteiger partial charge is 0.238 e. The van der Waals surface area contributed by atoms with E-state index in [0.29, 0.717) is 0 Å². The summed E-state index contributed by atoms with van der Waals surface area (Å²) in [5.74, 6) is -1.08. The summed E-state index contributed by atoms with van der Waals surface area (Å²) in [6.45, 7) is -0.156. The van der Waals surface area contributed by atoms with E-state index >= 15 is 0 Å². The maximum absolute atomic E-state index is 10.8. The number of carbonyl (C=O) groups excluding carboxylic acids is 2. The Balaban J connectivity index is 3.60. The number of primary amides is 1. The molecule has 0 saturated carbocycles. The molecular formula is C5H12N4O2. The van der Waals surface area contributed by atoms with Crippen LogP contribution in [0, 0.1) is 0 Å². The van der Waals surface area contributed by atoms with Crippen LogP contribution in [0.1, 0.15) is 0 Å². The molecule has 11 heavy (non-hydrogen) atoms. The lowest BCUT2D eigenvalue weighted by atomic mass is 10.3. The number of amides is 2. The summed E-state index contributed by atoms with van der Waals surface area (Å²) < 4.78 is 0. The van der Waals surface area contributed by atoms with Crippen LogP contribution in [0.15, 0.2) is 0 Å². The molecule has 0 radical (unpaired) electrons. The highest BCUT2D eigenvalue weighted by atomic mass is 16.2. The largest absolute Gasteiger partial charge is 0.368 e. The molecule has 6 nitrogen and oxygen atoms in total. The van der Waals surface area contributed by atoms with Gasteiger partial charge in [0.25, 0.3) is 0 Å². The van der Waals surface area contributed by atoms with Gasteiger partial charge in [-0.15, -0.1) is 0 Å². The van der Waals surface area contributed by atoms with Crippen molar-refractivity contribution in [2.45, 2.75) is 6.04 Å². The van der Waals surface area contributed by atoms with Crippen molar-refractivity contribution in [3.63, 3.8) is 0 Å². The van der Waals surface area contributed by atoms with Crippen molar-refractivity contribution in [3.8, 4) is 0 Å². The topological polar surface area (TPSA) is 124 Å². The van der Waals surface area contributed by atoms with E-state index in [1.807, 2.05) is 0 Å². The van der Waals surface area contributed by atoms with Crippen molar-refractivity contribution < 1.29 is 9.59 Å². The van der Waals surface area contributed by atoms with E-state index in [0.717, 1.165) is 0 Å². The van der Waals surface area contributed by atoms with Gasteiger partial charge in [-0.05, 0) is 0 Å². The highest BCUT2D eigenvalue weighted by Gasteiger charge is 2.10. The van der Waals surface area contributed by atoms with Gasteiger partial charge in [0.1, 0.15) is 0 Å². The number of nitrogens with one attached hydrogen (secondary N) is 1. The average molecular weight is 160 g/mol. The predicted octanol–water partition coefficient (Wildman–Crippen LogP) is -3.13. The Hall–Kier alpha value is -1.14. The molecule has 0 aromatic rings. The van der Waals surface area contributed by atoms with Crippen molar-refractivity contribution in [1.29, 1.82) is 0 Å². The minimum absolute atomic E-state index is 0.0462. The van der Waals surface area contributed by atoms with Crippen LogP contribution in [0.4, 0.5) is 0 Å². The van der Waals surface area contributed by atoms with Gasteiger partial charge in [-0.3, -0.25) is 9.59 Å². The predicted molar refractivity (Wildman–Crippen MR) is 39.2 cm³/mol.